The molecule has 0 aromatic heterocycles. The lowest BCUT2D eigenvalue weighted by Gasteiger charge is -2.24. The Kier molecular flexibility index (Phi) is 12.4. The lowest BCUT2D eigenvalue weighted by atomic mass is 10.0. The van der Waals surface area contributed by atoms with Gasteiger partial charge in [-0.1, -0.05) is 42.5 Å². The van der Waals surface area contributed by atoms with E-state index < -0.39 is 51.6 Å². The van der Waals surface area contributed by atoms with Gasteiger partial charge in [0.15, 0.2) is 0 Å². The molecular formula is C39H43F2N5O5S. The molecule has 0 aliphatic heterocycles. The third-order valence-electron chi connectivity index (χ3n) is 8.98. The van der Waals surface area contributed by atoms with Gasteiger partial charge >= 0.3 is 0 Å². The maximum absolute atomic E-state index is 14.0. The first-order valence-electron chi connectivity index (χ1n) is 17.1. The van der Waals surface area contributed by atoms with Crippen LogP contribution in [-0.4, -0.2) is 58.4 Å². The van der Waals surface area contributed by atoms with Gasteiger partial charge in [-0.25, -0.2) is 17.2 Å². The Bertz CT molecular complexity index is 1970. The molecule has 52 heavy (non-hydrogen) atoms. The molecule has 4 N–H and O–H groups in total. The van der Waals surface area contributed by atoms with Crippen molar-refractivity contribution in [1.29, 1.82) is 0 Å². The summed E-state index contributed by atoms with van der Waals surface area (Å²) >= 11 is 0. The van der Waals surface area contributed by atoms with E-state index >= 15 is 0 Å². The third kappa shape index (κ3) is 10.2. The van der Waals surface area contributed by atoms with Gasteiger partial charge in [-0.05, 0) is 105 Å². The van der Waals surface area contributed by atoms with Crippen molar-refractivity contribution < 1.29 is 31.6 Å². The molecule has 1 aliphatic rings. The Balaban J connectivity index is 1.42. The molecule has 0 saturated heterocycles. The molecular weight excluding hydrogens is 689 g/mol. The van der Waals surface area contributed by atoms with E-state index in [1.54, 1.807) is 13.8 Å². The number of hydrogen-bond acceptors (Lipinski definition) is 6. The summed E-state index contributed by atoms with van der Waals surface area (Å²) in [6.45, 7) is 4.33. The van der Waals surface area contributed by atoms with Crippen LogP contribution in [0.2, 0.25) is 0 Å². The highest BCUT2D eigenvalue weighted by molar-refractivity contribution is 7.92. The molecule has 0 spiro atoms. The number of nitrogens with one attached hydrogen (secondary N) is 4. The Morgan fingerprint density at radius 3 is 1.98 bits per heavy atom. The highest BCUT2D eigenvalue weighted by Gasteiger charge is 2.26. The minimum absolute atomic E-state index is 0.00328. The minimum atomic E-state index is -4.24. The van der Waals surface area contributed by atoms with E-state index in [4.69, 9.17) is 0 Å². The quantitative estimate of drug-likeness (QED) is 0.126. The number of rotatable bonds is 16. The summed E-state index contributed by atoms with van der Waals surface area (Å²) in [6.07, 6.45) is 2.63. The number of benzene rings is 4. The van der Waals surface area contributed by atoms with Crippen molar-refractivity contribution >= 4 is 33.4 Å². The standard InChI is InChI=1S/C39H43F2N5O5S/c1-25(29-11-13-32(40)14-12-29)44-38(48)30-20-31(22-35(21-30)46(3)52(50,51)36-17-15-33(41)16-18-36)39(49)45-34(19-27-7-5-4-6-8-27)24-42-26(2)37(47)43-23-28-9-10-28/h4-8,11-18,20-22,25-26,28,34,42H,9-10,19,23-24H2,1-3H3,(H,43,47)(H,44,48)(H,45,49)/t25-,26+,34+/m1/s1. The molecule has 1 saturated carbocycles. The fraction of sp³-hybridized carbons (Fsp3) is 0.308. The van der Waals surface area contributed by atoms with Crippen molar-refractivity contribution in [3.05, 3.63) is 131 Å². The molecule has 10 nitrogen and oxygen atoms in total. The fourth-order valence-electron chi connectivity index (χ4n) is 5.55. The SMILES string of the molecule is C[C@H](NC[C@H](Cc1ccccc1)NC(=O)c1cc(C(=O)N[C@H](C)c2ccc(F)cc2)cc(N(C)S(=O)(=O)c2ccc(F)cc2)c1)C(=O)NCC1CC1. The third-order valence-corrected chi connectivity index (χ3v) is 10.8. The summed E-state index contributed by atoms with van der Waals surface area (Å²) in [6, 6.07) is 21.9. The van der Waals surface area contributed by atoms with Gasteiger partial charge in [0.25, 0.3) is 21.8 Å². The summed E-state index contributed by atoms with van der Waals surface area (Å²) in [5.74, 6) is -1.83. The first-order valence-corrected chi connectivity index (χ1v) is 18.6. The number of hydrogen-bond donors (Lipinski definition) is 4. The van der Waals surface area contributed by atoms with Crippen LogP contribution in [0.1, 0.15) is 64.6 Å². The molecule has 0 unspecified atom stereocenters. The van der Waals surface area contributed by atoms with Gasteiger partial charge in [0, 0.05) is 37.3 Å². The van der Waals surface area contributed by atoms with Crippen molar-refractivity contribution in [1.82, 2.24) is 21.3 Å². The number of halogens is 2. The van der Waals surface area contributed by atoms with E-state index in [2.05, 4.69) is 21.3 Å². The molecule has 3 amide bonds. The van der Waals surface area contributed by atoms with Gasteiger partial charge in [-0.3, -0.25) is 18.7 Å². The second-order valence-electron chi connectivity index (χ2n) is 13.1. The van der Waals surface area contributed by atoms with E-state index in [1.165, 1.54) is 49.5 Å². The molecule has 1 aliphatic carbocycles. The van der Waals surface area contributed by atoms with Crippen LogP contribution in [0.5, 0.6) is 0 Å². The first kappa shape index (κ1) is 38.1. The molecule has 274 valence electrons. The Morgan fingerprint density at radius 1 is 0.808 bits per heavy atom. The van der Waals surface area contributed by atoms with E-state index in [0.29, 0.717) is 24.4 Å². The highest BCUT2D eigenvalue weighted by Crippen LogP contribution is 2.28. The van der Waals surface area contributed by atoms with Crippen molar-refractivity contribution in [3.63, 3.8) is 0 Å². The van der Waals surface area contributed by atoms with Crippen LogP contribution < -0.4 is 25.6 Å². The topological polar surface area (TPSA) is 137 Å². The van der Waals surface area contributed by atoms with Crippen molar-refractivity contribution in [2.24, 2.45) is 5.92 Å². The molecule has 0 radical (unpaired) electrons. The van der Waals surface area contributed by atoms with E-state index in [1.807, 2.05) is 30.3 Å². The van der Waals surface area contributed by atoms with Gasteiger partial charge in [-0.15, -0.1) is 0 Å². The number of carbonyl (C=O) groups excluding carboxylic acids is 3. The zero-order valence-corrected chi connectivity index (χ0v) is 30.1. The van der Waals surface area contributed by atoms with Crippen LogP contribution in [0.25, 0.3) is 0 Å². The molecule has 4 aromatic carbocycles. The monoisotopic (exact) mass is 731 g/mol. The van der Waals surface area contributed by atoms with Gasteiger partial charge in [0.1, 0.15) is 11.6 Å². The van der Waals surface area contributed by atoms with E-state index in [0.717, 1.165) is 47.0 Å². The van der Waals surface area contributed by atoms with Crippen LogP contribution in [-0.2, 0) is 21.2 Å². The molecule has 3 atom stereocenters. The molecule has 5 rings (SSSR count). The van der Waals surface area contributed by atoms with Gasteiger partial charge in [0.05, 0.1) is 22.7 Å². The van der Waals surface area contributed by atoms with Crippen LogP contribution in [0.4, 0.5) is 14.5 Å². The largest absolute Gasteiger partial charge is 0.354 e. The molecule has 4 aromatic rings. The Labute approximate surface area is 303 Å². The number of sulfonamides is 1. The average Bonchev–Trinajstić information content (AvgIpc) is 3.97. The molecule has 13 heteroatoms. The summed E-state index contributed by atoms with van der Waals surface area (Å²) in [5, 5.41) is 12.0. The Hall–Kier alpha value is -5.14. The van der Waals surface area contributed by atoms with Crippen LogP contribution >= 0.6 is 0 Å². The summed E-state index contributed by atoms with van der Waals surface area (Å²) in [7, 11) is -2.97. The highest BCUT2D eigenvalue weighted by atomic mass is 32.2. The van der Waals surface area contributed by atoms with Gasteiger partial charge in [-0.2, -0.15) is 0 Å². The van der Waals surface area contributed by atoms with Crippen LogP contribution in [0.3, 0.4) is 0 Å². The lowest BCUT2D eigenvalue weighted by Crippen LogP contribution is -2.49. The number of nitrogens with zero attached hydrogens (tertiary/aromatic N) is 1. The van der Waals surface area contributed by atoms with Gasteiger partial charge in [0.2, 0.25) is 5.91 Å². The number of anilines is 1. The predicted molar refractivity (Wildman–Crippen MR) is 195 cm³/mol. The summed E-state index contributed by atoms with van der Waals surface area (Å²) < 4.78 is 55.3. The smallest absolute Gasteiger partial charge is 0.264 e. The molecule has 0 heterocycles. The van der Waals surface area contributed by atoms with Crippen LogP contribution in [0.15, 0.2) is 102 Å². The van der Waals surface area contributed by atoms with Gasteiger partial charge < -0.3 is 21.3 Å². The lowest BCUT2D eigenvalue weighted by molar-refractivity contribution is -0.122. The minimum Gasteiger partial charge on any atom is -0.354 e. The molecule has 1 fully saturated rings. The summed E-state index contributed by atoms with van der Waals surface area (Å²) in [5.41, 5.74) is 1.58. The van der Waals surface area contributed by atoms with E-state index in [9.17, 15) is 31.6 Å². The normalized spacial score (nSPS) is 14.5. The van der Waals surface area contributed by atoms with Crippen molar-refractivity contribution in [2.45, 2.75) is 56.1 Å². The predicted octanol–water partition coefficient (Wildman–Crippen LogP) is 5.13. The van der Waals surface area contributed by atoms with Crippen LogP contribution in [0, 0.1) is 17.6 Å². The number of carbonyl (C=O) groups is 3. The second-order valence-corrected chi connectivity index (χ2v) is 15.1. The first-order chi connectivity index (χ1) is 24.8. The maximum atomic E-state index is 14.0. The zero-order chi connectivity index (χ0) is 37.4. The van der Waals surface area contributed by atoms with Crippen molar-refractivity contribution in [3.8, 4) is 0 Å². The van der Waals surface area contributed by atoms with E-state index in [-0.39, 0.29) is 34.2 Å². The average molecular weight is 732 g/mol. The second kappa shape index (κ2) is 16.9. The zero-order valence-electron chi connectivity index (χ0n) is 29.2. The van der Waals surface area contributed by atoms with Crippen molar-refractivity contribution in [2.75, 3.05) is 24.4 Å². The number of amides is 3. The molecule has 0 bridgehead atoms. The maximum Gasteiger partial charge on any atom is 0.264 e. The Morgan fingerprint density at radius 2 is 1.38 bits per heavy atom. The fourth-order valence-corrected chi connectivity index (χ4v) is 6.73. The summed E-state index contributed by atoms with van der Waals surface area (Å²) in [4.78, 5) is 40.1.